The third kappa shape index (κ3) is 4.06. The summed E-state index contributed by atoms with van der Waals surface area (Å²) in [6.45, 7) is 6.50. The van der Waals surface area contributed by atoms with Crippen molar-refractivity contribution in [1.82, 2.24) is 15.0 Å². The number of rotatable bonds is 4. The van der Waals surface area contributed by atoms with Crippen LogP contribution in [0.2, 0.25) is 5.02 Å². The van der Waals surface area contributed by atoms with Crippen LogP contribution in [0.4, 0.5) is 21.7 Å². The Bertz CT molecular complexity index is 1260. The minimum absolute atomic E-state index is 0.250. The van der Waals surface area contributed by atoms with Crippen molar-refractivity contribution in [3.63, 3.8) is 0 Å². The van der Waals surface area contributed by atoms with Crippen LogP contribution in [0, 0.1) is 6.92 Å². The van der Waals surface area contributed by atoms with E-state index in [1.165, 1.54) is 0 Å². The number of aliphatic hydroxyl groups is 1. The fourth-order valence-electron chi connectivity index (χ4n) is 5.41. The van der Waals surface area contributed by atoms with Crippen LogP contribution in [-0.4, -0.2) is 65.4 Å². The highest BCUT2D eigenvalue weighted by atomic mass is 35.5. The molecule has 3 fully saturated rings. The van der Waals surface area contributed by atoms with Gasteiger partial charge in [-0.15, -0.1) is 0 Å². The zero-order valence-corrected chi connectivity index (χ0v) is 20.7. The fraction of sp³-hybridized carbons (Fsp3) is 0.500. The van der Waals surface area contributed by atoms with Crippen molar-refractivity contribution < 1.29 is 9.50 Å². The van der Waals surface area contributed by atoms with Crippen molar-refractivity contribution in [3.05, 3.63) is 46.9 Å². The molecule has 6 rings (SSSR count). The van der Waals surface area contributed by atoms with Crippen molar-refractivity contribution >= 4 is 39.8 Å². The quantitative estimate of drug-likeness (QED) is 0.579. The van der Waals surface area contributed by atoms with Gasteiger partial charge in [0.05, 0.1) is 16.6 Å². The summed E-state index contributed by atoms with van der Waals surface area (Å²) in [5.41, 5.74) is 1.22. The lowest BCUT2D eigenvalue weighted by Gasteiger charge is -2.38. The van der Waals surface area contributed by atoms with E-state index in [0.717, 1.165) is 73.8 Å². The van der Waals surface area contributed by atoms with E-state index in [-0.39, 0.29) is 11.9 Å². The number of aliphatic hydroxyl groups excluding tert-OH is 1. The highest BCUT2D eigenvalue weighted by Crippen LogP contribution is 2.45. The van der Waals surface area contributed by atoms with E-state index >= 15 is 4.39 Å². The molecule has 2 aromatic heterocycles. The number of aromatic nitrogens is 3. The predicted molar refractivity (Wildman–Crippen MR) is 137 cm³/mol. The first-order chi connectivity index (χ1) is 16.9. The number of pyridine rings is 1. The van der Waals surface area contributed by atoms with E-state index in [4.69, 9.17) is 16.6 Å². The maximum Gasteiger partial charge on any atom is 0.170 e. The molecule has 9 heteroatoms. The molecule has 3 aliphatic rings. The van der Waals surface area contributed by atoms with Crippen molar-refractivity contribution in [2.24, 2.45) is 0 Å². The molecule has 35 heavy (non-hydrogen) atoms. The molecule has 1 atom stereocenters. The lowest BCUT2D eigenvalue weighted by molar-refractivity contribution is 0.0512. The first-order valence-corrected chi connectivity index (χ1v) is 12.8. The van der Waals surface area contributed by atoms with Gasteiger partial charge in [-0.25, -0.2) is 19.3 Å². The first kappa shape index (κ1) is 22.7. The van der Waals surface area contributed by atoms with Gasteiger partial charge in [0.1, 0.15) is 11.6 Å². The fourth-order valence-corrected chi connectivity index (χ4v) is 5.67. The van der Waals surface area contributed by atoms with Gasteiger partial charge in [0.15, 0.2) is 11.5 Å². The summed E-state index contributed by atoms with van der Waals surface area (Å²) in [4.78, 5) is 20.7. The topological polar surface area (TPSA) is 68.6 Å². The number of benzene rings is 1. The monoisotopic (exact) mass is 496 g/mol. The van der Waals surface area contributed by atoms with Crippen LogP contribution in [0.5, 0.6) is 0 Å². The van der Waals surface area contributed by atoms with Gasteiger partial charge in [0.2, 0.25) is 0 Å². The predicted octanol–water partition coefficient (Wildman–Crippen LogP) is 4.23. The second-order valence-electron chi connectivity index (χ2n) is 10.0. The van der Waals surface area contributed by atoms with Crippen LogP contribution in [0.15, 0.2) is 30.5 Å². The molecular weight excluding hydrogens is 467 g/mol. The molecule has 4 heterocycles. The Balaban J connectivity index is 1.38. The zero-order chi connectivity index (χ0) is 24.2. The van der Waals surface area contributed by atoms with Gasteiger partial charge in [-0.3, -0.25) is 0 Å². The minimum Gasteiger partial charge on any atom is -0.391 e. The maximum absolute atomic E-state index is 15.5. The Morgan fingerprint density at radius 1 is 1.03 bits per heavy atom. The Labute approximate surface area is 209 Å². The maximum atomic E-state index is 15.5. The number of β-amino-alcohol motifs (C(OH)–C–C–N with tert-alkyl or cyclic N) is 1. The van der Waals surface area contributed by atoms with Crippen LogP contribution >= 0.6 is 11.6 Å². The van der Waals surface area contributed by atoms with Gasteiger partial charge in [-0.05, 0) is 56.4 Å². The van der Waals surface area contributed by atoms with Gasteiger partial charge in [-0.1, -0.05) is 17.7 Å². The number of hydrogen-bond donors (Lipinski definition) is 1. The molecule has 1 N–H and O–H groups in total. The average Bonchev–Trinajstić information content (AvgIpc) is 3.29. The Hall–Kier alpha value is -2.71. The Kier molecular flexibility index (Phi) is 5.68. The normalized spacial score (nSPS) is 22.1. The van der Waals surface area contributed by atoms with E-state index in [9.17, 15) is 5.11 Å². The average molecular weight is 497 g/mol. The molecule has 3 aromatic rings. The number of aryl methyl sites for hydroxylation is 1. The number of alkyl halides is 1. The number of fused-ring (bicyclic) bond motifs is 1. The molecule has 0 bridgehead atoms. The number of piperazine rings is 1. The Morgan fingerprint density at radius 2 is 1.77 bits per heavy atom. The summed E-state index contributed by atoms with van der Waals surface area (Å²) in [6.07, 6.45) is 3.97. The van der Waals surface area contributed by atoms with Crippen molar-refractivity contribution in [2.75, 3.05) is 54.0 Å². The molecule has 7 nitrogen and oxygen atoms in total. The SMILES string of the molecule is Cc1cccnc1N1CCN(c2nc(C3(F)CCC3)nc3c(Cl)cc(N4CC[C@H](O)C4)cc23)CC1. The molecule has 1 aliphatic carbocycles. The van der Waals surface area contributed by atoms with Gasteiger partial charge in [0, 0.05) is 56.5 Å². The molecule has 0 amide bonds. The van der Waals surface area contributed by atoms with E-state index in [0.29, 0.717) is 29.9 Å². The summed E-state index contributed by atoms with van der Waals surface area (Å²) in [6, 6.07) is 7.98. The number of halogens is 2. The molecule has 1 aromatic carbocycles. The zero-order valence-electron chi connectivity index (χ0n) is 19.9. The lowest BCUT2D eigenvalue weighted by atomic mass is 9.81. The minimum atomic E-state index is -1.48. The molecule has 2 saturated heterocycles. The third-order valence-electron chi connectivity index (χ3n) is 7.65. The van der Waals surface area contributed by atoms with E-state index < -0.39 is 5.67 Å². The summed E-state index contributed by atoms with van der Waals surface area (Å²) >= 11 is 6.75. The van der Waals surface area contributed by atoms with Crippen LogP contribution in [0.3, 0.4) is 0 Å². The van der Waals surface area contributed by atoms with Crippen molar-refractivity contribution in [2.45, 2.75) is 44.4 Å². The summed E-state index contributed by atoms with van der Waals surface area (Å²) < 4.78 is 15.5. The molecule has 1 saturated carbocycles. The molecule has 0 spiro atoms. The van der Waals surface area contributed by atoms with E-state index in [2.05, 4.69) is 43.7 Å². The smallest absolute Gasteiger partial charge is 0.170 e. The number of hydrogen-bond acceptors (Lipinski definition) is 7. The van der Waals surface area contributed by atoms with Crippen molar-refractivity contribution in [3.8, 4) is 0 Å². The lowest BCUT2D eigenvalue weighted by Crippen LogP contribution is -2.47. The second kappa shape index (κ2) is 8.75. The van der Waals surface area contributed by atoms with Crippen LogP contribution in [-0.2, 0) is 5.67 Å². The second-order valence-corrected chi connectivity index (χ2v) is 10.4. The summed E-state index contributed by atoms with van der Waals surface area (Å²) in [5.74, 6) is 2.01. The first-order valence-electron chi connectivity index (χ1n) is 12.5. The van der Waals surface area contributed by atoms with Crippen molar-refractivity contribution in [1.29, 1.82) is 0 Å². The van der Waals surface area contributed by atoms with Gasteiger partial charge < -0.3 is 19.8 Å². The van der Waals surface area contributed by atoms with Crippen LogP contribution < -0.4 is 14.7 Å². The molecule has 0 unspecified atom stereocenters. The van der Waals surface area contributed by atoms with E-state index in [1.807, 2.05) is 18.3 Å². The summed E-state index contributed by atoms with van der Waals surface area (Å²) in [5, 5.41) is 11.4. The number of anilines is 3. The van der Waals surface area contributed by atoms with E-state index in [1.54, 1.807) is 0 Å². The molecular formula is C26H30ClFN6O. The molecule has 184 valence electrons. The Morgan fingerprint density at radius 3 is 2.40 bits per heavy atom. The number of nitrogens with zero attached hydrogens (tertiary/aromatic N) is 6. The highest BCUT2D eigenvalue weighted by molar-refractivity contribution is 6.35. The highest BCUT2D eigenvalue weighted by Gasteiger charge is 2.43. The van der Waals surface area contributed by atoms with Gasteiger partial charge in [-0.2, -0.15) is 0 Å². The molecule has 2 aliphatic heterocycles. The molecule has 0 radical (unpaired) electrons. The van der Waals surface area contributed by atoms with Gasteiger partial charge in [0.25, 0.3) is 0 Å². The van der Waals surface area contributed by atoms with Gasteiger partial charge >= 0.3 is 0 Å². The largest absolute Gasteiger partial charge is 0.391 e. The van der Waals surface area contributed by atoms with Crippen LogP contribution in [0.1, 0.15) is 37.1 Å². The van der Waals surface area contributed by atoms with Crippen LogP contribution in [0.25, 0.3) is 10.9 Å². The third-order valence-corrected chi connectivity index (χ3v) is 7.94. The standard InChI is InChI=1S/C26H30ClFN6O/c1-17-4-2-8-29-23(17)32-10-12-33(13-11-32)24-20-14-18(34-9-5-19(35)16-34)15-21(27)22(20)30-25(31-24)26(28)6-3-7-26/h2,4,8,14-15,19,35H,3,5-7,9-13,16H2,1H3/t19-/m0/s1. The summed E-state index contributed by atoms with van der Waals surface area (Å²) in [7, 11) is 0.